The number of nitrogens with one attached hydrogen (secondary N) is 1. The van der Waals surface area contributed by atoms with Crippen LogP contribution < -0.4 is 5.32 Å². The van der Waals surface area contributed by atoms with E-state index in [1.165, 1.54) is 18.2 Å². The summed E-state index contributed by atoms with van der Waals surface area (Å²) in [6, 6.07) is 13.4. The fraction of sp³-hybridized carbons (Fsp3) is 0.406. The first-order valence-corrected chi connectivity index (χ1v) is 14.6. The van der Waals surface area contributed by atoms with Crippen molar-refractivity contribution >= 4 is 11.6 Å². The number of hydrogen-bond donors (Lipinski definition) is 2. The fourth-order valence-electron chi connectivity index (χ4n) is 5.94. The molecule has 1 spiro atoms. The summed E-state index contributed by atoms with van der Waals surface area (Å²) in [6.07, 6.45) is 0.394. The average Bonchev–Trinajstić information content (AvgIpc) is 3.52. The molecule has 8 nitrogen and oxygen atoms in total. The fourth-order valence-corrected chi connectivity index (χ4v) is 5.94. The Labute approximate surface area is 255 Å². The van der Waals surface area contributed by atoms with Crippen LogP contribution in [0, 0.1) is 29.1 Å². The summed E-state index contributed by atoms with van der Waals surface area (Å²) in [7, 11) is 0. The molecule has 0 aliphatic carbocycles. The van der Waals surface area contributed by atoms with E-state index in [1.54, 1.807) is 18.2 Å². The number of carbonyl (C=O) groups is 1. The number of hydrogen-bond acceptors (Lipinski definition) is 7. The van der Waals surface area contributed by atoms with Crippen molar-refractivity contribution in [3.05, 3.63) is 99.9 Å². The second-order valence-electron chi connectivity index (χ2n) is 11.3. The summed E-state index contributed by atoms with van der Waals surface area (Å²) < 4.78 is 93.8. The van der Waals surface area contributed by atoms with Gasteiger partial charge in [0, 0.05) is 50.1 Å². The Morgan fingerprint density at radius 2 is 1.51 bits per heavy atom. The van der Waals surface area contributed by atoms with Crippen LogP contribution in [-0.2, 0) is 25.6 Å². The van der Waals surface area contributed by atoms with Gasteiger partial charge in [-0.2, -0.15) is 0 Å². The molecule has 0 radical (unpaired) electrons. The van der Waals surface area contributed by atoms with Crippen molar-refractivity contribution in [2.45, 2.75) is 50.2 Å². The van der Waals surface area contributed by atoms with Crippen molar-refractivity contribution in [1.29, 1.82) is 0 Å². The van der Waals surface area contributed by atoms with Gasteiger partial charge in [0.25, 0.3) is 5.91 Å². The number of rotatable bonds is 7. The zero-order valence-corrected chi connectivity index (χ0v) is 24.0. The van der Waals surface area contributed by atoms with E-state index in [2.05, 4.69) is 10.2 Å². The number of nitrogens with zero attached hydrogens (tertiary/aromatic N) is 1. The van der Waals surface area contributed by atoms with Gasteiger partial charge in [-0.15, -0.1) is 0 Å². The van der Waals surface area contributed by atoms with Crippen LogP contribution in [0.3, 0.4) is 0 Å². The highest BCUT2D eigenvalue weighted by Gasteiger charge is 2.41. The minimum atomic E-state index is -2.35. The quantitative estimate of drug-likeness (QED) is 0.201. The third kappa shape index (κ3) is 6.60. The van der Waals surface area contributed by atoms with E-state index < -0.39 is 58.7 Å². The van der Waals surface area contributed by atoms with E-state index in [-0.39, 0.29) is 18.4 Å². The summed E-state index contributed by atoms with van der Waals surface area (Å²) in [6.45, 7) is 3.16. The predicted molar refractivity (Wildman–Crippen MR) is 149 cm³/mol. The molecule has 6 rings (SSSR count). The molecule has 3 aromatic rings. The zero-order valence-electron chi connectivity index (χ0n) is 24.0. The van der Waals surface area contributed by atoms with E-state index in [1.807, 2.05) is 12.1 Å². The minimum Gasteiger partial charge on any atom is -0.392 e. The predicted octanol–water partition coefficient (Wildman–Crippen LogP) is 5.51. The standard InChI is InChI=1S/C32H31F5N2O6/c33-25-24(26(34)28(36)29(37)27(25)35)30(41)38-21-3-1-2-20(14-21)31-44-22(15-23(45-31)19-6-4-18(17-40)5-7-19)16-39-10-8-32(9-11-39)42-12-13-43-32/h1-7,14,22-23,31,40H,8-13,15-17H2,(H,38,41)/t22-,23+,31+/m1/s1. The van der Waals surface area contributed by atoms with Crippen LogP contribution in [0.15, 0.2) is 48.5 Å². The maximum absolute atomic E-state index is 14.2. The molecule has 0 unspecified atom stereocenters. The number of anilines is 1. The van der Waals surface area contributed by atoms with Crippen LogP contribution in [0.25, 0.3) is 0 Å². The molecule has 3 saturated heterocycles. The summed E-state index contributed by atoms with van der Waals surface area (Å²) in [5.41, 5.74) is 0.501. The molecule has 240 valence electrons. The maximum atomic E-state index is 14.2. The first-order valence-electron chi connectivity index (χ1n) is 14.6. The first-order chi connectivity index (χ1) is 21.7. The first kappa shape index (κ1) is 31.5. The van der Waals surface area contributed by atoms with Crippen LogP contribution in [-0.4, -0.2) is 60.7 Å². The second-order valence-corrected chi connectivity index (χ2v) is 11.3. The molecular weight excluding hydrogens is 603 g/mol. The molecule has 3 fully saturated rings. The Hall–Kier alpha value is -3.46. The zero-order chi connectivity index (χ0) is 31.7. The molecule has 3 aromatic carbocycles. The second kappa shape index (κ2) is 13.1. The van der Waals surface area contributed by atoms with Gasteiger partial charge in [0.05, 0.1) is 32.0 Å². The number of piperidine rings is 1. The third-order valence-electron chi connectivity index (χ3n) is 8.36. The van der Waals surface area contributed by atoms with Gasteiger partial charge in [-0.05, 0) is 23.3 Å². The number of aliphatic hydroxyl groups is 1. The molecule has 1 amide bonds. The highest BCUT2D eigenvalue weighted by atomic mass is 19.2. The molecule has 0 aromatic heterocycles. The van der Waals surface area contributed by atoms with Gasteiger partial charge in [-0.25, -0.2) is 22.0 Å². The van der Waals surface area contributed by atoms with Crippen molar-refractivity contribution < 1.29 is 50.8 Å². The van der Waals surface area contributed by atoms with E-state index >= 15 is 0 Å². The van der Waals surface area contributed by atoms with Crippen molar-refractivity contribution in [3.8, 4) is 0 Å². The SMILES string of the molecule is O=C(Nc1cccc([C@H]2O[C@@H](CN3CCC4(CC3)OCCO4)C[C@@H](c3ccc(CO)cc3)O2)c1)c1c(F)c(F)c(F)c(F)c1F. The number of carbonyl (C=O) groups excluding carboxylic acids is 1. The number of halogens is 5. The summed E-state index contributed by atoms with van der Waals surface area (Å²) >= 11 is 0. The number of benzene rings is 3. The van der Waals surface area contributed by atoms with Gasteiger partial charge in [-0.3, -0.25) is 4.79 Å². The summed E-state index contributed by atoms with van der Waals surface area (Å²) in [4.78, 5) is 14.9. The van der Waals surface area contributed by atoms with Crippen molar-refractivity contribution in [1.82, 2.24) is 4.90 Å². The van der Waals surface area contributed by atoms with Crippen LogP contribution >= 0.6 is 0 Å². The summed E-state index contributed by atoms with van der Waals surface area (Å²) in [5, 5.41) is 11.7. The number of aliphatic hydroxyl groups excluding tert-OH is 1. The van der Waals surface area contributed by atoms with Crippen molar-refractivity contribution in [2.75, 3.05) is 38.2 Å². The Morgan fingerprint density at radius 1 is 0.867 bits per heavy atom. The van der Waals surface area contributed by atoms with Crippen molar-refractivity contribution in [3.63, 3.8) is 0 Å². The van der Waals surface area contributed by atoms with Gasteiger partial charge in [0.1, 0.15) is 5.56 Å². The number of amides is 1. The lowest BCUT2D eigenvalue weighted by Crippen LogP contribution is -2.48. The van der Waals surface area contributed by atoms with Gasteiger partial charge < -0.3 is 34.3 Å². The Kier molecular flexibility index (Phi) is 9.18. The van der Waals surface area contributed by atoms with E-state index in [9.17, 15) is 31.9 Å². The van der Waals surface area contributed by atoms with Crippen LogP contribution in [0.4, 0.5) is 27.6 Å². The normalized spacial score (nSPS) is 23.4. The Balaban J connectivity index is 1.21. The van der Waals surface area contributed by atoms with Gasteiger partial charge in [0.15, 0.2) is 35.3 Å². The lowest BCUT2D eigenvalue weighted by Gasteiger charge is -2.41. The van der Waals surface area contributed by atoms with Gasteiger partial charge >= 0.3 is 0 Å². The highest BCUT2D eigenvalue weighted by molar-refractivity contribution is 6.04. The lowest BCUT2D eigenvalue weighted by molar-refractivity contribution is -0.255. The molecular formula is C32H31F5N2O6. The highest BCUT2D eigenvalue weighted by Crippen LogP contribution is 2.39. The molecule has 3 aliphatic rings. The lowest BCUT2D eigenvalue weighted by atomic mass is 9.98. The molecule has 3 atom stereocenters. The average molecular weight is 635 g/mol. The molecule has 2 N–H and O–H groups in total. The summed E-state index contributed by atoms with van der Waals surface area (Å²) in [5.74, 6) is -13.3. The molecule has 13 heteroatoms. The van der Waals surface area contributed by atoms with Crippen LogP contribution in [0.1, 0.15) is 58.7 Å². The topological polar surface area (TPSA) is 89.5 Å². The smallest absolute Gasteiger partial charge is 0.261 e. The third-order valence-corrected chi connectivity index (χ3v) is 8.36. The largest absolute Gasteiger partial charge is 0.392 e. The van der Waals surface area contributed by atoms with E-state index in [0.29, 0.717) is 31.7 Å². The molecule has 0 saturated carbocycles. The van der Waals surface area contributed by atoms with E-state index in [0.717, 1.165) is 37.1 Å². The number of likely N-dealkylation sites (tertiary alicyclic amines) is 1. The molecule has 45 heavy (non-hydrogen) atoms. The molecule has 3 aliphatic heterocycles. The van der Waals surface area contributed by atoms with Crippen LogP contribution in [0.2, 0.25) is 0 Å². The van der Waals surface area contributed by atoms with E-state index in [4.69, 9.17) is 18.9 Å². The maximum Gasteiger partial charge on any atom is 0.261 e. The molecule has 0 bridgehead atoms. The van der Waals surface area contributed by atoms with Crippen LogP contribution in [0.5, 0.6) is 0 Å². The molecule has 3 heterocycles. The van der Waals surface area contributed by atoms with Gasteiger partial charge in [-0.1, -0.05) is 36.4 Å². The Morgan fingerprint density at radius 3 is 2.16 bits per heavy atom. The van der Waals surface area contributed by atoms with Crippen molar-refractivity contribution in [2.24, 2.45) is 0 Å². The minimum absolute atomic E-state index is 0.0255. The monoisotopic (exact) mass is 634 g/mol. The van der Waals surface area contributed by atoms with Gasteiger partial charge in [0.2, 0.25) is 5.82 Å². The number of ether oxygens (including phenoxy) is 4. The Bertz CT molecular complexity index is 1510.